The summed E-state index contributed by atoms with van der Waals surface area (Å²) in [5.74, 6) is -1.22. The summed E-state index contributed by atoms with van der Waals surface area (Å²) in [6.07, 6.45) is 0. The van der Waals surface area contributed by atoms with Gasteiger partial charge < -0.3 is 8.98 Å². The SMILES string of the molecule is [2H]c1c([2H])c([2H])c2c(c1[2H])c1c([2H])c([2H])c([2H])c([2H])c1n2-c1nc(-c2cc3oc4ccccc4c3cc2-n2c3ccccc3c3ccccc32)nc(-n2c3c([2H])c([2H])c([2H])c([2H])c3c3c([2H])c([2H])c([2H])c([2H])c32)n1. The van der Waals surface area contributed by atoms with Crippen LogP contribution in [0, 0.1) is 0 Å². The van der Waals surface area contributed by atoms with Crippen molar-refractivity contribution in [2.75, 3.05) is 0 Å². The Morgan fingerprint density at radius 3 is 1.34 bits per heavy atom. The largest absolute Gasteiger partial charge is 0.456 e. The van der Waals surface area contributed by atoms with Crippen molar-refractivity contribution in [1.29, 1.82) is 0 Å². The van der Waals surface area contributed by atoms with Gasteiger partial charge in [0, 0.05) is 48.7 Å². The minimum absolute atomic E-state index is 0.211. The Bertz CT molecular complexity index is 4380. The normalized spacial score (nSPS) is 16.0. The quantitative estimate of drug-likeness (QED) is 0.179. The first kappa shape index (κ1) is 19.7. The Kier molecular flexibility index (Phi) is 3.99. The molecular weight excluding hydrogens is 713 g/mol. The van der Waals surface area contributed by atoms with Crippen LogP contribution in [0.3, 0.4) is 0 Å². The average molecular weight is 759 g/mol. The molecule has 13 rings (SSSR count). The molecule has 0 spiro atoms. The number of nitrogens with zero attached hydrogens (tertiary/aromatic N) is 6. The van der Waals surface area contributed by atoms with Gasteiger partial charge in [0.2, 0.25) is 11.9 Å². The van der Waals surface area contributed by atoms with E-state index < -0.39 is 109 Å². The molecule has 0 aliphatic carbocycles. The van der Waals surface area contributed by atoms with Gasteiger partial charge in [-0.2, -0.15) is 15.0 Å². The molecule has 0 unspecified atom stereocenters. The fourth-order valence-electron chi connectivity index (χ4n) is 8.22. The fourth-order valence-corrected chi connectivity index (χ4v) is 8.22. The minimum atomic E-state index is -0.713. The van der Waals surface area contributed by atoms with E-state index in [-0.39, 0.29) is 55.0 Å². The predicted molar refractivity (Wildman–Crippen MR) is 236 cm³/mol. The Morgan fingerprint density at radius 2 is 0.828 bits per heavy atom. The average Bonchev–Trinajstić information content (AvgIpc) is 4.19. The van der Waals surface area contributed by atoms with Crippen molar-refractivity contribution in [2.45, 2.75) is 0 Å². The van der Waals surface area contributed by atoms with Crippen LogP contribution in [-0.4, -0.2) is 28.7 Å². The molecule has 0 aliphatic heterocycles. The summed E-state index contributed by atoms with van der Waals surface area (Å²) in [6.45, 7) is 0. The molecule has 0 saturated heterocycles. The molecule has 7 heteroatoms. The van der Waals surface area contributed by atoms with Crippen LogP contribution in [0.4, 0.5) is 0 Å². The lowest BCUT2D eigenvalue weighted by atomic mass is 10.1. The maximum Gasteiger partial charge on any atom is 0.240 e. The molecule has 0 amide bonds. The van der Waals surface area contributed by atoms with Crippen LogP contribution in [-0.2, 0) is 0 Å². The van der Waals surface area contributed by atoms with Gasteiger partial charge >= 0.3 is 0 Å². The van der Waals surface area contributed by atoms with Crippen molar-refractivity contribution >= 4 is 87.4 Å². The second-order valence-electron chi connectivity index (χ2n) is 13.7. The zero-order chi connectivity index (χ0) is 51.8. The first-order valence-electron chi connectivity index (χ1n) is 26.1. The van der Waals surface area contributed by atoms with Crippen LogP contribution in [0.1, 0.15) is 21.9 Å². The monoisotopic (exact) mass is 758 g/mol. The van der Waals surface area contributed by atoms with Crippen LogP contribution in [0.2, 0.25) is 0 Å². The van der Waals surface area contributed by atoms with Gasteiger partial charge in [-0.15, -0.1) is 0 Å². The van der Waals surface area contributed by atoms with E-state index in [4.69, 9.17) is 35.8 Å². The highest BCUT2D eigenvalue weighted by Gasteiger charge is 2.24. The fraction of sp³-hybridized carbons (Fsp3) is 0. The third kappa shape index (κ3) is 4.30. The highest BCUT2D eigenvalue weighted by Crippen LogP contribution is 2.41. The summed E-state index contributed by atoms with van der Waals surface area (Å²) < 4.78 is 155. The molecule has 0 aliphatic rings. The molecule has 0 saturated carbocycles. The number of benzene rings is 8. The molecule has 270 valence electrons. The first-order chi connectivity index (χ1) is 35.4. The summed E-state index contributed by atoms with van der Waals surface area (Å²) in [6, 6.07) is 15.8. The molecular formula is C51H30N6O. The van der Waals surface area contributed by atoms with Crippen LogP contribution in [0.5, 0.6) is 0 Å². The van der Waals surface area contributed by atoms with E-state index in [0.29, 0.717) is 22.2 Å². The van der Waals surface area contributed by atoms with Gasteiger partial charge in [0.25, 0.3) is 0 Å². The third-order valence-corrected chi connectivity index (χ3v) is 10.6. The van der Waals surface area contributed by atoms with Gasteiger partial charge in [-0.3, -0.25) is 9.13 Å². The van der Waals surface area contributed by atoms with E-state index >= 15 is 0 Å². The molecule has 0 bridgehead atoms. The second-order valence-corrected chi connectivity index (χ2v) is 13.7. The van der Waals surface area contributed by atoms with E-state index in [2.05, 4.69) is 0 Å². The number of para-hydroxylation sites is 7. The van der Waals surface area contributed by atoms with Gasteiger partial charge in [-0.25, -0.2) is 0 Å². The molecule has 0 fully saturated rings. The lowest BCUT2D eigenvalue weighted by Crippen LogP contribution is -2.11. The van der Waals surface area contributed by atoms with Gasteiger partial charge in [0.05, 0.1) is 60.7 Å². The number of fused-ring (bicyclic) bond motifs is 12. The summed E-state index contributed by atoms with van der Waals surface area (Å²) in [4.78, 5) is 15.0. The molecule has 13 aromatic rings. The van der Waals surface area contributed by atoms with Crippen LogP contribution < -0.4 is 0 Å². The smallest absolute Gasteiger partial charge is 0.240 e. The van der Waals surface area contributed by atoms with Crippen molar-refractivity contribution in [3.8, 4) is 29.0 Å². The van der Waals surface area contributed by atoms with Crippen molar-refractivity contribution in [3.05, 3.63) is 182 Å². The highest BCUT2D eigenvalue weighted by molar-refractivity contribution is 6.13. The van der Waals surface area contributed by atoms with E-state index in [9.17, 15) is 5.48 Å². The molecule has 5 aromatic heterocycles. The van der Waals surface area contributed by atoms with E-state index in [1.165, 1.54) is 0 Å². The van der Waals surface area contributed by atoms with E-state index in [1.807, 2.05) is 83.4 Å². The Labute approximate surface area is 352 Å². The molecule has 5 heterocycles. The number of furan rings is 1. The van der Waals surface area contributed by atoms with Gasteiger partial charge in [0.1, 0.15) is 11.2 Å². The van der Waals surface area contributed by atoms with Gasteiger partial charge in [0.15, 0.2) is 5.82 Å². The standard InChI is InChI=1S/C51H30N6O/c1-8-22-40-31(15-1)32-16-2-9-23-41(32)55(40)46-29-38-37-21-7-14-28-47(37)58-48(38)30-39(46)49-52-50(56-42-24-10-3-17-33(42)34-18-4-11-25-43(34)56)54-51(53-49)57-44-26-12-5-19-35(44)36-20-6-13-27-45(36)57/h1-30H/i3D,4D,5D,6D,10D,11D,12D,13D,17D,18D,19D,20D,24D,25D,26D,27D. The molecule has 0 atom stereocenters. The Morgan fingerprint density at radius 1 is 0.379 bits per heavy atom. The summed E-state index contributed by atoms with van der Waals surface area (Å²) in [7, 11) is 0. The minimum Gasteiger partial charge on any atom is -0.456 e. The van der Waals surface area contributed by atoms with Crippen molar-refractivity contribution in [1.82, 2.24) is 28.7 Å². The number of hydrogen-bond donors (Lipinski definition) is 0. The van der Waals surface area contributed by atoms with Crippen molar-refractivity contribution in [3.63, 3.8) is 0 Å². The van der Waals surface area contributed by atoms with Gasteiger partial charge in [-0.1, -0.05) is 127 Å². The summed E-state index contributed by atoms with van der Waals surface area (Å²) in [5, 5.41) is 2.13. The molecule has 7 nitrogen and oxygen atoms in total. The topological polar surface area (TPSA) is 66.6 Å². The lowest BCUT2D eigenvalue weighted by molar-refractivity contribution is 0.669. The second kappa shape index (κ2) is 11.7. The molecule has 0 N–H and O–H groups in total. The van der Waals surface area contributed by atoms with E-state index in [1.54, 1.807) is 6.07 Å². The highest BCUT2D eigenvalue weighted by atomic mass is 16.3. The summed E-state index contributed by atoms with van der Waals surface area (Å²) >= 11 is 0. The third-order valence-electron chi connectivity index (χ3n) is 10.6. The lowest BCUT2D eigenvalue weighted by Gasteiger charge is -2.16. The van der Waals surface area contributed by atoms with Gasteiger partial charge in [-0.05, 0) is 54.5 Å². The molecule has 8 aromatic carbocycles. The number of hydrogen-bond acceptors (Lipinski definition) is 4. The Hall–Kier alpha value is -8.03. The Balaban J connectivity index is 1.29. The zero-order valence-corrected chi connectivity index (χ0v) is 29.7. The van der Waals surface area contributed by atoms with E-state index in [0.717, 1.165) is 36.3 Å². The molecule has 0 radical (unpaired) electrons. The first-order valence-corrected chi connectivity index (χ1v) is 18.1. The molecule has 58 heavy (non-hydrogen) atoms. The van der Waals surface area contributed by atoms with Crippen LogP contribution >= 0.6 is 0 Å². The zero-order valence-electron chi connectivity index (χ0n) is 45.7. The van der Waals surface area contributed by atoms with Crippen molar-refractivity contribution in [2.24, 2.45) is 0 Å². The van der Waals surface area contributed by atoms with Crippen LogP contribution in [0.15, 0.2) is 186 Å². The maximum absolute atomic E-state index is 9.35. The predicted octanol–water partition coefficient (Wildman–Crippen LogP) is 12.7. The summed E-state index contributed by atoms with van der Waals surface area (Å²) in [5.41, 5.74) is 1.78. The number of aromatic nitrogens is 6. The van der Waals surface area contributed by atoms with Crippen LogP contribution in [0.25, 0.3) is 116 Å². The maximum atomic E-state index is 9.35. The van der Waals surface area contributed by atoms with Crippen molar-refractivity contribution < 1.29 is 26.3 Å². The number of rotatable bonds is 4.